The minimum absolute atomic E-state index is 0.418. The Morgan fingerprint density at radius 1 is 1.50 bits per heavy atom. The lowest BCUT2D eigenvalue weighted by atomic mass is 10.2. The van der Waals surface area contributed by atoms with Crippen LogP contribution in [0.15, 0.2) is 12.7 Å². The zero-order valence-electron chi connectivity index (χ0n) is 9.62. The molecule has 0 rings (SSSR count). The lowest BCUT2D eigenvalue weighted by molar-refractivity contribution is -0.142. The van der Waals surface area contributed by atoms with Gasteiger partial charge in [0.15, 0.2) is 6.10 Å². The van der Waals surface area contributed by atoms with Gasteiger partial charge in [-0.2, -0.15) is 0 Å². The number of hydrogen-bond acceptors (Lipinski definition) is 3. The van der Waals surface area contributed by atoms with Crippen molar-refractivity contribution in [2.24, 2.45) is 0 Å². The molecule has 16 heavy (non-hydrogen) atoms. The van der Waals surface area contributed by atoms with Gasteiger partial charge in [0.05, 0.1) is 0 Å². The fraction of sp³-hybridized carbons (Fsp3) is 0.462. The average molecular weight is 220 g/mol. The molecule has 1 N–H and O–H groups in total. The summed E-state index contributed by atoms with van der Waals surface area (Å²) in [7, 11) is 0. The van der Waals surface area contributed by atoms with E-state index in [-0.39, 0.29) is 0 Å². The molecule has 86 valence electrons. The summed E-state index contributed by atoms with van der Waals surface area (Å²) >= 11 is 0. The maximum Gasteiger partial charge on any atom is 0.304 e. The van der Waals surface area contributed by atoms with Crippen LogP contribution in [0.5, 0.6) is 0 Å². The van der Waals surface area contributed by atoms with Crippen molar-refractivity contribution in [3.05, 3.63) is 12.7 Å². The predicted molar refractivity (Wildman–Crippen MR) is 62.2 cm³/mol. The summed E-state index contributed by atoms with van der Waals surface area (Å²) in [5.74, 6) is 9.78. The number of carbonyl (C=O) groups is 1. The van der Waals surface area contributed by atoms with Gasteiger partial charge in [-0.1, -0.05) is 25.8 Å². The second-order valence-electron chi connectivity index (χ2n) is 3.11. The third kappa shape index (κ3) is 7.67. The Kier molecular flexibility index (Phi) is 7.67. The van der Waals surface area contributed by atoms with E-state index in [9.17, 15) is 9.90 Å². The number of aliphatic hydroxyl groups is 1. The predicted octanol–water partition coefficient (Wildman–Crippen LogP) is 1.27. The van der Waals surface area contributed by atoms with Crippen molar-refractivity contribution in [3.63, 3.8) is 0 Å². The molecule has 0 unspecified atom stereocenters. The van der Waals surface area contributed by atoms with E-state index in [0.717, 1.165) is 6.42 Å². The van der Waals surface area contributed by atoms with Crippen molar-refractivity contribution in [2.75, 3.05) is 0 Å². The second kappa shape index (κ2) is 8.59. The monoisotopic (exact) mass is 220 g/mol. The third-order valence-electron chi connectivity index (χ3n) is 1.58. The van der Waals surface area contributed by atoms with Crippen molar-refractivity contribution in [1.82, 2.24) is 0 Å². The SMILES string of the molecule is C=C[C@@H](C#CC#C[C@H](O)CCC)OC(C)=O. The maximum atomic E-state index is 10.6. The number of ether oxygens (including phenoxy) is 1. The molecule has 0 heterocycles. The van der Waals surface area contributed by atoms with E-state index >= 15 is 0 Å². The summed E-state index contributed by atoms with van der Waals surface area (Å²) in [5, 5.41) is 9.27. The first kappa shape index (κ1) is 14.3. The summed E-state index contributed by atoms with van der Waals surface area (Å²) in [4.78, 5) is 10.6. The molecule has 0 aliphatic carbocycles. The number of carbonyl (C=O) groups excluding carboxylic acids is 1. The van der Waals surface area contributed by atoms with Crippen LogP contribution in [0, 0.1) is 23.7 Å². The molecule has 0 aromatic rings. The molecule has 0 aromatic carbocycles. The standard InChI is InChI=1S/C13H16O3/c1-4-8-12(15)9-6-7-10-13(5-2)16-11(3)14/h5,12-13,15H,2,4,8H2,1,3H3/t12-,13+/m1/s1. The highest BCUT2D eigenvalue weighted by molar-refractivity contribution is 5.66. The van der Waals surface area contributed by atoms with Crippen LogP contribution in [0.1, 0.15) is 26.7 Å². The van der Waals surface area contributed by atoms with E-state index in [0.29, 0.717) is 6.42 Å². The van der Waals surface area contributed by atoms with Crippen molar-refractivity contribution < 1.29 is 14.6 Å². The Labute approximate surface area is 96.5 Å². The Morgan fingerprint density at radius 2 is 2.12 bits per heavy atom. The molecule has 2 atom stereocenters. The van der Waals surface area contributed by atoms with E-state index in [2.05, 4.69) is 30.3 Å². The molecule has 0 aliphatic rings. The minimum Gasteiger partial charge on any atom is -0.445 e. The summed E-state index contributed by atoms with van der Waals surface area (Å²) in [6.07, 6.45) is 1.62. The molecular weight excluding hydrogens is 204 g/mol. The lowest BCUT2D eigenvalue weighted by Crippen LogP contribution is -2.10. The normalized spacial score (nSPS) is 12.2. The van der Waals surface area contributed by atoms with Crippen LogP contribution in [0.4, 0.5) is 0 Å². The summed E-state index contributed by atoms with van der Waals surface area (Å²) in [5.41, 5.74) is 0. The highest BCUT2D eigenvalue weighted by atomic mass is 16.5. The van der Waals surface area contributed by atoms with Gasteiger partial charge < -0.3 is 9.84 Å². The van der Waals surface area contributed by atoms with E-state index in [1.807, 2.05) is 6.92 Å². The number of rotatable bonds is 4. The Balaban J connectivity index is 4.25. The topological polar surface area (TPSA) is 46.5 Å². The molecule has 3 nitrogen and oxygen atoms in total. The second-order valence-corrected chi connectivity index (χ2v) is 3.11. The smallest absolute Gasteiger partial charge is 0.304 e. The van der Waals surface area contributed by atoms with E-state index in [4.69, 9.17) is 4.74 Å². The van der Waals surface area contributed by atoms with Crippen molar-refractivity contribution in [3.8, 4) is 23.7 Å². The zero-order chi connectivity index (χ0) is 12.4. The minimum atomic E-state index is -0.643. The van der Waals surface area contributed by atoms with Crippen LogP contribution >= 0.6 is 0 Å². The maximum absolute atomic E-state index is 10.6. The largest absolute Gasteiger partial charge is 0.445 e. The Bertz CT molecular complexity index is 349. The number of esters is 1. The average Bonchev–Trinajstić information content (AvgIpc) is 2.22. The van der Waals surface area contributed by atoms with Gasteiger partial charge in [0.1, 0.15) is 6.10 Å². The van der Waals surface area contributed by atoms with E-state index in [1.165, 1.54) is 13.0 Å². The molecule has 0 amide bonds. The fourth-order valence-electron chi connectivity index (χ4n) is 0.888. The van der Waals surface area contributed by atoms with Crippen LogP contribution in [-0.2, 0) is 9.53 Å². The quantitative estimate of drug-likeness (QED) is 0.441. The van der Waals surface area contributed by atoms with Gasteiger partial charge >= 0.3 is 5.97 Å². The summed E-state index contributed by atoms with van der Waals surface area (Å²) < 4.78 is 4.79. The highest BCUT2D eigenvalue weighted by Gasteiger charge is 2.01. The molecule has 0 saturated carbocycles. The van der Waals surface area contributed by atoms with E-state index < -0.39 is 18.2 Å². The highest BCUT2D eigenvalue weighted by Crippen LogP contribution is 1.93. The fourth-order valence-corrected chi connectivity index (χ4v) is 0.888. The molecule has 0 radical (unpaired) electrons. The molecule has 0 bridgehead atoms. The van der Waals surface area contributed by atoms with Crippen LogP contribution in [0.3, 0.4) is 0 Å². The van der Waals surface area contributed by atoms with Gasteiger partial charge in [0.25, 0.3) is 0 Å². The first-order chi connectivity index (χ1) is 7.60. The molecule has 0 fully saturated rings. The summed E-state index contributed by atoms with van der Waals surface area (Å²) in [6.45, 7) is 6.74. The van der Waals surface area contributed by atoms with Gasteiger partial charge in [-0.3, -0.25) is 4.79 Å². The van der Waals surface area contributed by atoms with Gasteiger partial charge in [0.2, 0.25) is 0 Å². The van der Waals surface area contributed by atoms with Gasteiger partial charge in [0, 0.05) is 6.92 Å². The van der Waals surface area contributed by atoms with Crippen LogP contribution in [0.25, 0.3) is 0 Å². The number of aliphatic hydroxyl groups excluding tert-OH is 1. The van der Waals surface area contributed by atoms with Crippen LogP contribution in [0.2, 0.25) is 0 Å². The number of hydrogen-bond donors (Lipinski definition) is 1. The molecular formula is C13H16O3. The molecule has 0 aromatic heterocycles. The van der Waals surface area contributed by atoms with Gasteiger partial charge in [-0.25, -0.2) is 0 Å². The first-order valence-electron chi connectivity index (χ1n) is 5.09. The Morgan fingerprint density at radius 3 is 2.62 bits per heavy atom. The van der Waals surface area contributed by atoms with Crippen molar-refractivity contribution >= 4 is 5.97 Å². The van der Waals surface area contributed by atoms with E-state index in [1.54, 1.807) is 0 Å². The Hall–Kier alpha value is -1.71. The molecule has 0 spiro atoms. The summed E-state index contributed by atoms with van der Waals surface area (Å²) in [6, 6.07) is 0. The van der Waals surface area contributed by atoms with Crippen LogP contribution in [-0.4, -0.2) is 23.3 Å². The molecule has 0 saturated heterocycles. The van der Waals surface area contributed by atoms with Crippen molar-refractivity contribution in [2.45, 2.75) is 38.9 Å². The lowest BCUT2D eigenvalue weighted by Gasteiger charge is -2.03. The van der Waals surface area contributed by atoms with Gasteiger partial charge in [-0.15, -0.1) is 0 Å². The zero-order valence-corrected chi connectivity index (χ0v) is 9.62. The van der Waals surface area contributed by atoms with Gasteiger partial charge in [-0.05, 0) is 30.3 Å². The van der Waals surface area contributed by atoms with Crippen molar-refractivity contribution in [1.29, 1.82) is 0 Å². The first-order valence-corrected chi connectivity index (χ1v) is 5.09. The van der Waals surface area contributed by atoms with Crippen LogP contribution < -0.4 is 0 Å². The molecule has 3 heteroatoms. The third-order valence-corrected chi connectivity index (χ3v) is 1.58. The molecule has 0 aliphatic heterocycles.